The lowest BCUT2D eigenvalue weighted by atomic mass is 10.0. The lowest BCUT2D eigenvalue weighted by Crippen LogP contribution is -2.13. The van der Waals surface area contributed by atoms with Crippen LogP contribution in [0, 0.1) is 17.1 Å². The maximum atomic E-state index is 13.1. The third-order valence-electron chi connectivity index (χ3n) is 5.18. The number of methoxy groups -OCH3 is 1. The number of hydrogen-bond donors (Lipinski definition) is 1. The van der Waals surface area contributed by atoms with Crippen LogP contribution in [0.15, 0.2) is 90.5 Å². The summed E-state index contributed by atoms with van der Waals surface area (Å²) in [5, 5.41) is 13.7. The zero-order chi connectivity index (χ0) is 24.8. The summed E-state index contributed by atoms with van der Waals surface area (Å²) in [6.07, 6.45) is 1.35. The Kier molecular flexibility index (Phi) is 6.84. The second kappa shape index (κ2) is 10.3. The van der Waals surface area contributed by atoms with Gasteiger partial charge in [0.1, 0.15) is 17.5 Å². The molecule has 4 aromatic rings. The highest BCUT2D eigenvalue weighted by molar-refractivity contribution is 6.09. The van der Waals surface area contributed by atoms with Crippen molar-refractivity contribution in [1.29, 1.82) is 5.26 Å². The van der Waals surface area contributed by atoms with Gasteiger partial charge in [0.2, 0.25) is 0 Å². The van der Waals surface area contributed by atoms with Crippen LogP contribution in [0.1, 0.15) is 15.9 Å². The van der Waals surface area contributed by atoms with E-state index in [9.17, 15) is 19.2 Å². The number of carbonyl (C=O) groups is 2. The van der Waals surface area contributed by atoms with Crippen molar-refractivity contribution >= 4 is 34.4 Å². The predicted molar refractivity (Wildman–Crippen MR) is 131 cm³/mol. The van der Waals surface area contributed by atoms with Gasteiger partial charge in [-0.1, -0.05) is 42.5 Å². The van der Waals surface area contributed by atoms with E-state index in [0.717, 1.165) is 10.8 Å². The first kappa shape index (κ1) is 23.2. The van der Waals surface area contributed by atoms with Crippen LogP contribution in [0.2, 0.25) is 0 Å². The van der Waals surface area contributed by atoms with Gasteiger partial charge in [-0.05, 0) is 64.9 Å². The molecule has 0 aliphatic rings. The van der Waals surface area contributed by atoms with Gasteiger partial charge < -0.3 is 14.8 Å². The second-order valence-corrected chi connectivity index (χ2v) is 7.46. The molecule has 0 aliphatic heterocycles. The summed E-state index contributed by atoms with van der Waals surface area (Å²) in [6, 6.07) is 24.5. The number of amides is 1. The van der Waals surface area contributed by atoms with E-state index in [-0.39, 0.29) is 11.3 Å². The highest BCUT2D eigenvalue weighted by Crippen LogP contribution is 2.31. The monoisotopic (exact) mass is 466 g/mol. The van der Waals surface area contributed by atoms with Gasteiger partial charge >= 0.3 is 5.97 Å². The summed E-state index contributed by atoms with van der Waals surface area (Å²) in [6.45, 7) is 0. The van der Waals surface area contributed by atoms with Gasteiger partial charge in [-0.3, -0.25) is 4.79 Å². The van der Waals surface area contributed by atoms with E-state index in [1.165, 1.54) is 43.5 Å². The average molecular weight is 466 g/mol. The van der Waals surface area contributed by atoms with E-state index >= 15 is 0 Å². The molecule has 7 heteroatoms. The molecule has 0 radical (unpaired) electrons. The molecule has 172 valence electrons. The van der Waals surface area contributed by atoms with Gasteiger partial charge in [-0.15, -0.1) is 0 Å². The van der Waals surface area contributed by atoms with Crippen molar-refractivity contribution < 1.29 is 23.5 Å². The van der Waals surface area contributed by atoms with Crippen molar-refractivity contribution in [3.8, 4) is 17.6 Å². The zero-order valence-electron chi connectivity index (χ0n) is 18.6. The van der Waals surface area contributed by atoms with Crippen molar-refractivity contribution in [2.75, 3.05) is 12.4 Å². The molecule has 4 aromatic carbocycles. The number of ether oxygens (including phenoxy) is 2. The molecular weight excluding hydrogens is 447 g/mol. The molecule has 0 aromatic heterocycles. The first-order valence-electron chi connectivity index (χ1n) is 10.5. The number of esters is 1. The van der Waals surface area contributed by atoms with Gasteiger partial charge in [0.25, 0.3) is 5.91 Å². The van der Waals surface area contributed by atoms with Crippen molar-refractivity contribution in [3.63, 3.8) is 0 Å². The molecule has 0 saturated heterocycles. The smallest absolute Gasteiger partial charge is 0.344 e. The number of benzene rings is 4. The molecule has 0 atom stereocenters. The van der Waals surface area contributed by atoms with Crippen LogP contribution in [0.5, 0.6) is 11.5 Å². The first-order chi connectivity index (χ1) is 17.0. The minimum Gasteiger partial charge on any atom is -0.493 e. The Morgan fingerprint density at radius 2 is 1.69 bits per heavy atom. The van der Waals surface area contributed by atoms with Crippen molar-refractivity contribution in [2.24, 2.45) is 0 Å². The molecule has 0 saturated carbocycles. The fourth-order valence-corrected chi connectivity index (χ4v) is 3.47. The third kappa shape index (κ3) is 5.34. The summed E-state index contributed by atoms with van der Waals surface area (Å²) >= 11 is 0. The number of rotatable bonds is 6. The number of fused-ring (bicyclic) bond motifs is 1. The number of anilines is 1. The maximum absolute atomic E-state index is 13.1. The zero-order valence-corrected chi connectivity index (χ0v) is 18.6. The molecule has 1 N–H and O–H groups in total. The maximum Gasteiger partial charge on any atom is 0.344 e. The molecule has 35 heavy (non-hydrogen) atoms. The summed E-state index contributed by atoms with van der Waals surface area (Å²) in [5.74, 6) is -1.23. The van der Waals surface area contributed by atoms with E-state index in [0.29, 0.717) is 22.6 Å². The number of hydrogen-bond acceptors (Lipinski definition) is 5. The normalized spacial score (nSPS) is 10.9. The van der Waals surface area contributed by atoms with Crippen LogP contribution in [0.3, 0.4) is 0 Å². The molecule has 4 rings (SSSR count). The number of halogens is 1. The number of nitrogens with one attached hydrogen (secondary N) is 1. The average Bonchev–Trinajstić information content (AvgIpc) is 2.88. The van der Waals surface area contributed by atoms with Crippen LogP contribution in [0.4, 0.5) is 10.1 Å². The highest BCUT2D eigenvalue weighted by atomic mass is 19.1. The predicted octanol–water partition coefficient (Wildman–Crippen LogP) is 5.75. The minimum absolute atomic E-state index is 0.135. The molecule has 1 amide bonds. The molecular formula is C28H19FN2O4. The summed E-state index contributed by atoms with van der Waals surface area (Å²) in [4.78, 5) is 25.5. The Balaban J connectivity index is 1.60. The Bertz CT molecular complexity index is 1480. The number of carbonyl (C=O) groups excluding carboxylic acids is 2. The second-order valence-electron chi connectivity index (χ2n) is 7.46. The van der Waals surface area contributed by atoms with Gasteiger partial charge in [0, 0.05) is 5.69 Å². The van der Waals surface area contributed by atoms with E-state index in [4.69, 9.17) is 9.47 Å². The standard InChI is InChI=1S/C28H19FN2O4/c1-34-25-14-9-18(15-20(17-30)27(32)31-22-12-10-21(29)11-13-22)16-26(25)35-28(33)24-8-4-6-19-5-2-3-7-23(19)24/h2-16H,1H3,(H,31,32). The summed E-state index contributed by atoms with van der Waals surface area (Å²) in [7, 11) is 1.44. The van der Waals surface area contributed by atoms with E-state index in [1.54, 1.807) is 24.3 Å². The number of nitrogens with zero attached hydrogens (tertiary/aromatic N) is 1. The largest absolute Gasteiger partial charge is 0.493 e. The van der Waals surface area contributed by atoms with Crippen LogP contribution in [0.25, 0.3) is 16.8 Å². The topological polar surface area (TPSA) is 88.4 Å². The lowest BCUT2D eigenvalue weighted by molar-refractivity contribution is -0.112. The molecule has 0 unspecified atom stereocenters. The van der Waals surface area contributed by atoms with E-state index in [1.807, 2.05) is 36.4 Å². The van der Waals surface area contributed by atoms with Gasteiger partial charge in [0.05, 0.1) is 12.7 Å². The molecule has 0 heterocycles. The quantitative estimate of drug-likeness (QED) is 0.169. The van der Waals surface area contributed by atoms with Crippen molar-refractivity contribution in [1.82, 2.24) is 0 Å². The van der Waals surface area contributed by atoms with Crippen molar-refractivity contribution in [2.45, 2.75) is 0 Å². The molecule has 6 nitrogen and oxygen atoms in total. The molecule has 0 spiro atoms. The third-order valence-corrected chi connectivity index (χ3v) is 5.18. The van der Waals surface area contributed by atoms with Crippen LogP contribution >= 0.6 is 0 Å². The Morgan fingerprint density at radius 1 is 0.943 bits per heavy atom. The first-order valence-corrected chi connectivity index (χ1v) is 10.5. The van der Waals surface area contributed by atoms with E-state index < -0.39 is 17.7 Å². The van der Waals surface area contributed by atoms with E-state index in [2.05, 4.69) is 5.32 Å². The Labute approximate surface area is 200 Å². The van der Waals surface area contributed by atoms with Crippen molar-refractivity contribution in [3.05, 3.63) is 107 Å². The Morgan fingerprint density at radius 3 is 2.43 bits per heavy atom. The van der Waals surface area contributed by atoms with Gasteiger partial charge in [-0.25, -0.2) is 9.18 Å². The van der Waals surface area contributed by atoms with Crippen LogP contribution in [-0.2, 0) is 4.79 Å². The van der Waals surface area contributed by atoms with Crippen LogP contribution in [-0.4, -0.2) is 19.0 Å². The highest BCUT2D eigenvalue weighted by Gasteiger charge is 2.16. The van der Waals surface area contributed by atoms with Gasteiger partial charge in [-0.2, -0.15) is 5.26 Å². The Hall–Kier alpha value is -4.96. The SMILES string of the molecule is COc1ccc(C=C(C#N)C(=O)Nc2ccc(F)cc2)cc1OC(=O)c1cccc2ccccc12. The molecule has 0 fully saturated rings. The van der Waals surface area contributed by atoms with Crippen LogP contribution < -0.4 is 14.8 Å². The summed E-state index contributed by atoms with van der Waals surface area (Å²) in [5.41, 5.74) is 0.989. The fourth-order valence-electron chi connectivity index (χ4n) is 3.47. The minimum atomic E-state index is -0.663. The lowest BCUT2D eigenvalue weighted by Gasteiger charge is -2.11. The fraction of sp³-hybridized carbons (Fsp3) is 0.0357. The molecule has 0 bridgehead atoms. The van der Waals surface area contributed by atoms with Gasteiger partial charge in [0.15, 0.2) is 11.5 Å². The molecule has 0 aliphatic carbocycles. The number of nitriles is 1. The summed E-state index contributed by atoms with van der Waals surface area (Å²) < 4.78 is 24.0.